The summed E-state index contributed by atoms with van der Waals surface area (Å²) in [6.45, 7) is 1.94. The predicted molar refractivity (Wildman–Crippen MR) is 82.8 cm³/mol. The number of ether oxygens (including phenoxy) is 5. The van der Waals surface area contributed by atoms with Gasteiger partial charge >= 0.3 is 17.9 Å². The standard InChI is InChI=1S/C17H20O7/c1-10-6-8-11(9-7-10)14-12(15(18)20-2)13(16(19)21-3)17(22-4,23-5)24-14/h6-9,14H,1-5H3. The van der Waals surface area contributed by atoms with Crippen LogP contribution >= 0.6 is 0 Å². The number of methoxy groups -OCH3 is 4. The van der Waals surface area contributed by atoms with Gasteiger partial charge in [0.15, 0.2) is 0 Å². The van der Waals surface area contributed by atoms with E-state index in [-0.39, 0.29) is 11.1 Å². The van der Waals surface area contributed by atoms with Gasteiger partial charge in [-0.25, -0.2) is 9.59 Å². The van der Waals surface area contributed by atoms with E-state index in [2.05, 4.69) is 0 Å². The molecule has 0 aliphatic carbocycles. The number of esters is 2. The third-order valence-corrected chi connectivity index (χ3v) is 3.82. The largest absolute Gasteiger partial charge is 0.466 e. The van der Waals surface area contributed by atoms with Crippen molar-refractivity contribution in [3.8, 4) is 0 Å². The fourth-order valence-corrected chi connectivity index (χ4v) is 2.58. The van der Waals surface area contributed by atoms with Gasteiger partial charge in [-0.3, -0.25) is 0 Å². The van der Waals surface area contributed by atoms with Crippen molar-refractivity contribution in [2.45, 2.75) is 19.0 Å². The molecule has 130 valence electrons. The lowest BCUT2D eigenvalue weighted by molar-refractivity contribution is -0.337. The molecular formula is C17H20O7. The van der Waals surface area contributed by atoms with Crippen LogP contribution in [0.5, 0.6) is 0 Å². The van der Waals surface area contributed by atoms with Crippen LogP contribution < -0.4 is 0 Å². The number of benzene rings is 1. The first-order chi connectivity index (χ1) is 11.4. The van der Waals surface area contributed by atoms with Crippen LogP contribution in [-0.4, -0.2) is 46.4 Å². The van der Waals surface area contributed by atoms with Gasteiger partial charge in [0, 0.05) is 14.2 Å². The molecule has 0 radical (unpaired) electrons. The summed E-state index contributed by atoms with van der Waals surface area (Å²) in [5, 5.41) is 0. The highest BCUT2D eigenvalue weighted by Gasteiger charge is 2.55. The van der Waals surface area contributed by atoms with Crippen molar-refractivity contribution in [2.24, 2.45) is 0 Å². The molecule has 1 atom stereocenters. The second-order valence-corrected chi connectivity index (χ2v) is 5.14. The van der Waals surface area contributed by atoms with Crippen LogP contribution in [0.2, 0.25) is 0 Å². The molecule has 0 amide bonds. The van der Waals surface area contributed by atoms with Crippen molar-refractivity contribution in [2.75, 3.05) is 28.4 Å². The van der Waals surface area contributed by atoms with Crippen molar-refractivity contribution in [3.63, 3.8) is 0 Å². The molecule has 0 bridgehead atoms. The monoisotopic (exact) mass is 336 g/mol. The van der Waals surface area contributed by atoms with Gasteiger partial charge in [0.05, 0.1) is 19.8 Å². The van der Waals surface area contributed by atoms with E-state index in [4.69, 9.17) is 23.7 Å². The van der Waals surface area contributed by atoms with E-state index in [1.165, 1.54) is 28.4 Å². The first kappa shape index (κ1) is 18.1. The number of aryl methyl sites for hydroxylation is 1. The maximum atomic E-state index is 12.3. The lowest BCUT2D eigenvalue weighted by Gasteiger charge is -2.27. The number of rotatable bonds is 5. The van der Waals surface area contributed by atoms with E-state index in [1.807, 2.05) is 19.1 Å². The van der Waals surface area contributed by atoms with Crippen molar-refractivity contribution in [1.82, 2.24) is 0 Å². The van der Waals surface area contributed by atoms with Crippen molar-refractivity contribution >= 4 is 11.9 Å². The third-order valence-electron chi connectivity index (χ3n) is 3.82. The zero-order valence-electron chi connectivity index (χ0n) is 14.2. The summed E-state index contributed by atoms with van der Waals surface area (Å²) in [4.78, 5) is 24.6. The molecule has 7 nitrogen and oxygen atoms in total. The second-order valence-electron chi connectivity index (χ2n) is 5.14. The molecule has 0 spiro atoms. The topological polar surface area (TPSA) is 80.3 Å². The molecule has 0 fully saturated rings. The minimum atomic E-state index is -1.85. The SMILES string of the molecule is COC(=O)C1=C(C(=O)OC)C(OC)(OC)OC1c1ccc(C)cc1. The Kier molecular flexibility index (Phi) is 5.38. The Morgan fingerprint density at radius 2 is 1.50 bits per heavy atom. The second kappa shape index (κ2) is 7.12. The van der Waals surface area contributed by atoms with E-state index in [9.17, 15) is 9.59 Å². The third kappa shape index (κ3) is 2.93. The Labute approximate surface area is 140 Å². The van der Waals surface area contributed by atoms with Crippen LogP contribution in [0, 0.1) is 6.92 Å². The summed E-state index contributed by atoms with van der Waals surface area (Å²) in [6, 6.07) is 7.31. The van der Waals surface area contributed by atoms with Crippen LogP contribution in [0.3, 0.4) is 0 Å². The van der Waals surface area contributed by atoms with Crippen molar-refractivity contribution in [1.29, 1.82) is 0 Å². The molecule has 1 unspecified atom stereocenters. The Bertz CT molecular complexity index is 656. The van der Waals surface area contributed by atoms with Crippen LogP contribution in [0.1, 0.15) is 17.2 Å². The maximum Gasteiger partial charge on any atom is 0.342 e. The van der Waals surface area contributed by atoms with Crippen LogP contribution in [0.25, 0.3) is 0 Å². The Balaban J connectivity index is 2.68. The van der Waals surface area contributed by atoms with Gasteiger partial charge in [-0.15, -0.1) is 0 Å². The van der Waals surface area contributed by atoms with Crippen molar-refractivity contribution < 1.29 is 33.3 Å². The summed E-state index contributed by atoms with van der Waals surface area (Å²) in [5.41, 5.74) is 1.50. The van der Waals surface area contributed by atoms with E-state index in [0.29, 0.717) is 5.56 Å². The lowest BCUT2D eigenvalue weighted by atomic mass is 9.97. The summed E-state index contributed by atoms with van der Waals surface area (Å²) in [6.07, 6.45) is -0.896. The summed E-state index contributed by atoms with van der Waals surface area (Å²) in [7, 11) is 5.02. The van der Waals surface area contributed by atoms with Crippen LogP contribution in [0.4, 0.5) is 0 Å². The highest BCUT2D eigenvalue weighted by atomic mass is 16.9. The van der Waals surface area contributed by atoms with Gasteiger partial charge in [0.2, 0.25) is 0 Å². The zero-order valence-corrected chi connectivity index (χ0v) is 14.2. The van der Waals surface area contributed by atoms with Crippen molar-refractivity contribution in [3.05, 3.63) is 46.5 Å². The first-order valence-corrected chi connectivity index (χ1v) is 7.20. The molecule has 1 heterocycles. The van der Waals surface area contributed by atoms with Crippen LogP contribution in [0.15, 0.2) is 35.4 Å². The summed E-state index contributed by atoms with van der Waals surface area (Å²) in [5.74, 6) is -3.38. The quantitative estimate of drug-likeness (QED) is 0.597. The summed E-state index contributed by atoms with van der Waals surface area (Å²) < 4.78 is 26.0. The normalized spacial score (nSPS) is 19.3. The lowest BCUT2D eigenvalue weighted by Crippen LogP contribution is -2.39. The molecule has 0 saturated heterocycles. The van der Waals surface area contributed by atoms with E-state index < -0.39 is 24.0 Å². The molecular weight excluding hydrogens is 316 g/mol. The van der Waals surface area contributed by atoms with Gasteiger partial charge in [0.1, 0.15) is 11.7 Å². The average Bonchev–Trinajstić information content (AvgIpc) is 2.96. The molecule has 0 saturated carbocycles. The van der Waals surface area contributed by atoms with E-state index >= 15 is 0 Å². The molecule has 1 aromatic rings. The predicted octanol–water partition coefficient (Wildman–Crippen LogP) is 1.66. The van der Waals surface area contributed by atoms with E-state index in [0.717, 1.165) is 5.56 Å². The molecule has 0 N–H and O–H groups in total. The molecule has 24 heavy (non-hydrogen) atoms. The first-order valence-electron chi connectivity index (χ1n) is 7.20. The minimum Gasteiger partial charge on any atom is -0.466 e. The smallest absolute Gasteiger partial charge is 0.342 e. The minimum absolute atomic E-state index is 0.0168. The Morgan fingerprint density at radius 3 is 1.96 bits per heavy atom. The average molecular weight is 336 g/mol. The molecule has 7 heteroatoms. The highest BCUT2D eigenvalue weighted by molar-refractivity contribution is 6.03. The van der Waals surface area contributed by atoms with Crippen LogP contribution in [-0.2, 0) is 33.3 Å². The Morgan fingerprint density at radius 1 is 0.958 bits per heavy atom. The fourth-order valence-electron chi connectivity index (χ4n) is 2.58. The van der Waals surface area contributed by atoms with E-state index in [1.54, 1.807) is 12.1 Å². The van der Waals surface area contributed by atoms with Gasteiger partial charge in [0.25, 0.3) is 0 Å². The molecule has 1 aliphatic rings. The summed E-state index contributed by atoms with van der Waals surface area (Å²) >= 11 is 0. The molecule has 2 rings (SSSR count). The van der Waals surface area contributed by atoms with Gasteiger partial charge in [-0.1, -0.05) is 29.8 Å². The zero-order chi connectivity index (χ0) is 17.9. The number of hydrogen-bond acceptors (Lipinski definition) is 7. The Hall–Kier alpha value is -2.22. The molecule has 1 aromatic carbocycles. The number of hydrogen-bond donors (Lipinski definition) is 0. The maximum absolute atomic E-state index is 12.3. The number of carbonyl (C=O) groups is 2. The fraction of sp³-hybridized carbons (Fsp3) is 0.412. The molecule has 0 aromatic heterocycles. The number of carbonyl (C=O) groups excluding carboxylic acids is 2. The highest BCUT2D eigenvalue weighted by Crippen LogP contribution is 2.46. The van der Waals surface area contributed by atoms with Gasteiger partial charge in [-0.2, -0.15) is 0 Å². The van der Waals surface area contributed by atoms with Gasteiger partial charge in [-0.05, 0) is 12.5 Å². The molecule has 1 aliphatic heterocycles. The van der Waals surface area contributed by atoms with Gasteiger partial charge < -0.3 is 23.7 Å².